The van der Waals surface area contributed by atoms with E-state index in [0.717, 1.165) is 11.6 Å². The van der Waals surface area contributed by atoms with Crippen LogP contribution >= 0.6 is 11.5 Å². The molecule has 0 saturated carbocycles. The molecule has 1 spiro atoms. The van der Waals surface area contributed by atoms with Gasteiger partial charge in [0.1, 0.15) is 23.0 Å². The summed E-state index contributed by atoms with van der Waals surface area (Å²) in [6.07, 6.45) is 5.97. The minimum absolute atomic E-state index is 0.0496. The zero-order valence-corrected chi connectivity index (χ0v) is 16.3. The lowest BCUT2D eigenvalue weighted by atomic mass is 9.85. The van der Waals surface area contributed by atoms with Crippen molar-refractivity contribution in [1.29, 1.82) is 0 Å². The number of nitrogens with zero attached hydrogens (tertiary/aromatic N) is 6. The molecule has 2 aliphatic rings. The minimum Gasteiger partial charge on any atom is -0.341 e. The van der Waals surface area contributed by atoms with Gasteiger partial charge in [-0.1, -0.05) is 0 Å². The number of aryl methyl sites for hydroxylation is 1. The summed E-state index contributed by atoms with van der Waals surface area (Å²) in [5, 5.41) is 4.89. The number of likely N-dealkylation sites (tertiary alicyclic amines) is 1. The topological polar surface area (TPSA) is 97.9 Å². The van der Waals surface area contributed by atoms with Gasteiger partial charge in [0.15, 0.2) is 0 Å². The highest BCUT2D eigenvalue weighted by Crippen LogP contribution is 2.44. The number of nitrogens with one attached hydrogen (secondary N) is 1. The fourth-order valence-corrected chi connectivity index (χ4v) is 4.68. The second kappa shape index (κ2) is 5.99. The van der Waals surface area contributed by atoms with E-state index in [9.17, 15) is 9.59 Å². The van der Waals surface area contributed by atoms with E-state index >= 15 is 0 Å². The second-order valence-electron chi connectivity index (χ2n) is 7.41. The molecule has 144 valence electrons. The molecule has 1 fully saturated rings. The van der Waals surface area contributed by atoms with E-state index in [-0.39, 0.29) is 23.4 Å². The van der Waals surface area contributed by atoms with Gasteiger partial charge in [0, 0.05) is 44.3 Å². The maximum Gasteiger partial charge on any atom is 0.273 e. The molecule has 3 aromatic rings. The van der Waals surface area contributed by atoms with Crippen molar-refractivity contribution in [3.63, 3.8) is 0 Å². The molecular weight excluding hydrogens is 378 g/mol. The molecule has 1 atom stereocenters. The highest BCUT2D eigenvalue weighted by molar-refractivity contribution is 7.03. The van der Waals surface area contributed by atoms with Crippen LogP contribution in [0.1, 0.15) is 45.1 Å². The molecule has 9 nitrogen and oxygen atoms in total. The van der Waals surface area contributed by atoms with Crippen molar-refractivity contribution in [3.05, 3.63) is 53.1 Å². The van der Waals surface area contributed by atoms with E-state index in [2.05, 4.69) is 24.2 Å². The number of carbonyl (C=O) groups excluding carboxylic acids is 2. The average molecular weight is 397 g/mol. The van der Waals surface area contributed by atoms with E-state index in [1.165, 1.54) is 11.5 Å². The monoisotopic (exact) mass is 397 g/mol. The number of carbonyl (C=O) groups is 2. The van der Waals surface area contributed by atoms with Gasteiger partial charge in [0.2, 0.25) is 0 Å². The van der Waals surface area contributed by atoms with Gasteiger partial charge in [-0.2, -0.15) is 4.37 Å². The van der Waals surface area contributed by atoms with Crippen LogP contribution in [0, 0.1) is 6.92 Å². The van der Waals surface area contributed by atoms with Crippen molar-refractivity contribution in [2.45, 2.75) is 24.9 Å². The first-order chi connectivity index (χ1) is 13.5. The van der Waals surface area contributed by atoms with Crippen molar-refractivity contribution >= 4 is 23.3 Å². The van der Waals surface area contributed by atoms with E-state index in [1.54, 1.807) is 33.3 Å². The zero-order chi connectivity index (χ0) is 19.5. The van der Waals surface area contributed by atoms with Gasteiger partial charge in [-0.3, -0.25) is 9.59 Å². The number of aromatic nitrogens is 5. The van der Waals surface area contributed by atoms with Crippen molar-refractivity contribution in [2.24, 2.45) is 7.05 Å². The van der Waals surface area contributed by atoms with Gasteiger partial charge in [-0.25, -0.2) is 9.97 Å². The highest BCUT2D eigenvalue weighted by Gasteiger charge is 2.54. The molecule has 0 radical (unpaired) electrons. The normalized spacial score (nSPS) is 19.5. The Kier molecular flexibility index (Phi) is 3.66. The molecule has 10 heteroatoms. The Hall–Kier alpha value is -3.01. The van der Waals surface area contributed by atoms with E-state index < -0.39 is 0 Å². The van der Waals surface area contributed by atoms with Crippen LogP contribution in [0.4, 0.5) is 0 Å². The molecule has 2 amide bonds. The molecule has 0 aliphatic carbocycles. The van der Waals surface area contributed by atoms with Crippen molar-refractivity contribution in [1.82, 2.24) is 33.7 Å². The summed E-state index contributed by atoms with van der Waals surface area (Å²) >= 11 is 1.27. The molecule has 2 aliphatic heterocycles. The Bertz CT molecular complexity index is 1060. The Morgan fingerprint density at radius 2 is 2.14 bits per heavy atom. The van der Waals surface area contributed by atoms with Gasteiger partial charge in [-0.15, -0.1) is 0 Å². The first kappa shape index (κ1) is 17.1. The van der Waals surface area contributed by atoms with Crippen LogP contribution in [-0.4, -0.2) is 53.3 Å². The van der Waals surface area contributed by atoms with Gasteiger partial charge in [-0.05, 0) is 24.5 Å². The molecule has 0 bridgehead atoms. The number of amides is 2. The first-order valence-electron chi connectivity index (χ1n) is 9.01. The maximum atomic E-state index is 12.7. The number of hydrogen-bond acceptors (Lipinski definition) is 6. The van der Waals surface area contributed by atoms with Gasteiger partial charge >= 0.3 is 0 Å². The Morgan fingerprint density at radius 1 is 1.32 bits per heavy atom. The third kappa shape index (κ3) is 2.40. The quantitative estimate of drug-likeness (QED) is 0.714. The Morgan fingerprint density at radius 3 is 2.82 bits per heavy atom. The van der Waals surface area contributed by atoms with Crippen molar-refractivity contribution in [2.75, 3.05) is 13.1 Å². The van der Waals surface area contributed by atoms with E-state index in [4.69, 9.17) is 0 Å². The van der Waals surface area contributed by atoms with Crippen LogP contribution in [0.15, 0.2) is 30.0 Å². The standard InChI is InChI=1S/C18H19N7O2S/c1-11-20-8-14(23(11)2)16(26)21-13-7-18(25-5-4-19-15(13)25)9-24(10-18)17(27)12-3-6-28-22-12/h3-6,8,13H,7,9-10H2,1-2H3,(H,21,26). The summed E-state index contributed by atoms with van der Waals surface area (Å²) in [6, 6.07) is 1.54. The molecule has 1 saturated heterocycles. The van der Waals surface area contributed by atoms with Crippen LogP contribution in [0.5, 0.6) is 0 Å². The number of rotatable bonds is 3. The summed E-state index contributed by atoms with van der Waals surface area (Å²) in [5.74, 6) is 1.39. The van der Waals surface area contributed by atoms with Gasteiger partial charge < -0.3 is 19.4 Å². The number of imidazole rings is 2. The lowest BCUT2D eigenvalue weighted by molar-refractivity contribution is 0.0135. The van der Waals surface area contributed by atoms with Crippen LogP contribution in [-0.2, 0) is 12.6 Å². The number of hydrogen-bond donors (Lipinski definition) is 1. The smallest absolute Gasteiger partial charge is 0.273 e. The average Bonchev–Trinajstić information content (AvgIpc) is 3.40. The SMILES string of the molecule is Cc1ncc(C(=O)NC2CC3(CN(C(=O)c4ccsn4)C3)n3ccnc32)n1C. The third-order valence-corrected chi connectivity index (χ3v) is 6.31. The summed E-state index contributed by atoms with van der Waals surface area (Å²) < 4.78 is 8.01. The fraction of sp³-hybridized carbons (Fsp3) is 0.389. The first-order valence-corrected chi connectivity index (χ1v) is 9.85. The highest BCUT2D eigenvalue weighted by atomic mass is 32.1. The fourth-order valence-electron chi connectivity index (χ4n) is 4.18. The Labute approximate surface area is 165 Å². The van der Waals surface area contributed by atoms with E-state index in [0.29, 0.717) is 30.9 Å². The summed E-state index contributed by atoms with van der Waals surface area (Å²) in [4.78, 5) is 35.7. The van der Waals surface area contributed by atoms with Crippen LogP contribution in [0.3, 0.4) is 0 Å². The molecule has 0 aromatic carbocycles. The summed E-state index contributed by atoms with van der Waals surface area (Å²) in [5.41, 5.74) is 0.781. The predicted octanol–water partition coefficient (Wildman–Crippen LogP) is 1.11. The van der Waals surface area contributed by atoms with E-state index in [1.807, 2.05) is 20.2 Å². The van der Waals surface area contributed by atoms with Crippen LogP contribution in [0.25, 0.3) is 0 Å². The molecular formula is C18H19N7O2S. The van der Waals surface area contributed by atoms with Crippen molar-refractivity contribution < 1.29 is 9.59 Å². The van der Waals surface area contributed by atoms with Gasteiger partial charge in [0.25, 0.3) is 11.8 Å². The summed E-state index contributed by atoms with van der Waals surface area (Å²) in [6.45, 7) is 3.03. The zero-order valence-electron chi connectivity index (χ0n) is 15.5. The second-order valence-corrected chi connectivity index (χ2v) is 8.07. The number of fused-ring (bicyclic) bond motifs is 2. The predicted molar refractivity (Wildman–Crippen MR) is 101 cm³/mol. The van der Waals surface area contributed by atoms with Crippen LogP contribution in [0.2, 0.25) is 0 Å². The molecule has 1 unspecified atom stereocenters. The largest absolute Gasteiger partial charge is 0.341 e. The van der Waals surface area contributed by atoms with Crippen molar-refractivity contribution in [3.8, 4) is 0 Å². The molecule has 5 rings (SSSR count). The summed E-state index contributed by atoms with van der Waals surface area (Å²) in [7, 11) is 1.82. The lowest BCUT2D eigenvalue weighted by Crippen LogP contribution is -2.63. The Balaban J connectivity index is 1.33. The van der Waals surface area contributed by atoms with Crippen LogP contribution < -0.4 is 5.32 Å². The van der Waals surface area contributed by atoms with Gasteiger partial charge in [0.05, 0.1) is 17.8 Å². The molecule has 28 heavy (non-hydrogen) atoms. The molecule has 5 heterocycles. The minimum atomic E-state index is -0.224. The maximum absolute atomic E-state index is 12.7. The molecule has 1 N–H and O–H groups in total. The lowest BCUT2D eigenvalue weighted by Gasteiger charge is -2.48. The molecule has 3 aromatic heterocycles. The third-order valence-electron chi connectivity index (χ3n) is 5.75.